The zero-order chi connectivity index (χ0) is 21.5. The number of amides is 2. The van der Waals surface area contributed by atoms with Crippen molar-refractivity contribution in [2.24, 2.45) is 0 Å². The Morgan fingerprint density at radius 3 is 2.40 bits per heavy atom. The van der Waals surface area contributed by atoms with E-state index in [4.69, 9.17) is 9.47 Å². The maximum Gasteiger partial charge on any atom is 0.340 e. The van der Waals surface area contributed by atoms with Gasteiger partial charge in [-0.3, -0.25) is 9.59 Å². The van der Waals surface area contributed by atoms with Crippen molar-refractivity contribution in [2.75, 3.05) is 30.0 Å². The van der Waals surface area contributed by atoms with Crippen LogP contribution in [-0.2, 0) is 19.1 Å². The quantitative estimate of drug-likeness (QED) is 0.705. The SMILES string of the molecule is CCOC(=O)c1ccccc1NC(=O)COC(=O)c1ccc(N2CCCC2=O)cc1. The molecule has 0 spiro atoms. The molecule has 8 nitrogen and oxygen atoms in total. The van der Waals surface area contributed by atoms with Gasteiger partial charge in [-0.25, -0.2) is 9.59 Å². The van der Waals surface area contributed by atoms with Gasteiger partial charge in [0.2, 0.25) is 5.91 Å². The van der Waals surface area contributed by atoms with Crippen LogP contribution in [-0.4, -0.2) is 43.5 Å². The molecule has 30 heavy (non-hydrogen) atoms. The van der Waals surface area contributed by atoms with Gasteiger partial charge in [0.05, 0.1) is 23.4 Å². The van der Waals surface area contributed by atoms with Crippen LogP contribution in [0, 0.1) is 0 Å². The number of carbonyl (C=O) groups is 4. The summed E-state index contributed by atoms with van der Waals surface area (Å²) in [6.45, 7) is 2.05. The van der Waals surface area contributed by atoms with Crippen LogP contribution in [0.1, 0.15) is 40.5 Å². The molecule has 0 atom stereocenters. The van der Waals surface area contributed by atoms with Crippen molar-refractivity contribution in [1.82, 2.24) is 0 Å². The van der Waals surface area contributed by atoms with Crippen molar-refractivity contribution in [2.45, 2.75) is 19.8 Å². The van der Waals surface area contributed by atoms with Crippen LogP contribution in [0.5, 0.6) is 0 Å². The van der Waals surface area contributed by atoms with Gasteiger partial charge in [-0.15, -0.1) is 0 Å². The van der Waals surface area contributed by atoms with Crippen LogP contribution in [0.2, 0.25) is 0 Å². The van der Waals surface area contributed by atoms with Crippen LogP contribution in [0.15, 0.2) is 48.5 Å². The van der Waals surface area contributed by atoms with Crippen molar-refractivity contribution in [3.63, 3.8) is 0 Å². The largest absolute Gasteiger partial charge is 0.462 e. The van der Waals surface area contributed by atoms with Crippen LogP contribution < -0.4 is 10.2 Å². The third-order valence-corrected chi connectivity index (χ3v) is 4.52. The summed E-state index contributed by atoms with van der Waals surface area (Å²) in [5, 5.41) is 2.55. The van der Waals surface area contributed by atoms with Crippen LogP contribution in [0.4, 0.5) is 11.4 Å². The summed E-state index contributed by atoms with van der Waals surface area (Å²) in [5.41, 5.74) is 1.48. The maximum atomic E-state index is 12.2. The van der Waals surface area contributed by atoms with Crippen molar-refractivity contribution in [1.29, 1.82) is 0 Å². The normalized spacial score (nSPS) is 13.1. The van der Waals surface area contributed by atoms with E-state index in [1.165, 1.54) is 6.07 Å². The molecule has 1 saturated heterocycles. The van der Waals surface area contributed by atoms with Gasteiger partial charge in [0.1, 0.15) is 0 Å². The summed E-state index contributed by atoms with van der Waals surface area (Å²) < 4.78 is 10.0. The first-order chi connectivity index (χ1) is 14.5. The smallest absolute Gasteiger partial charge is 0.340 e. The first-order valence-electron chi connectivity index (χ1n) is 9.63. The first kappa shape index (κ1) is 21.0. The maximum absolute atomic E-state index is 12.2. The summed E-state index contributed by atoms with van der Waals surface area (Å²) in [6.07, 6.45) is 1.34. The lowest BCUT2D eigenvalue weighted by atomic mass is 10.2. The number of ether oxygens (including phenoxy) is 2. The molecule has 3 rings (SSSR count). The summed E-state index contributed by atoms with van der Waals surface area (Å²) in [4.78, 5) is 49.8. The Kier molecular flexibility index (Phi) is 6.79. The Hall–Kier alpha value is -3.68. The van der Waals surface area contributed by atoms with E-state index in [0.29, 0.717) is 13.0 Å². The van der Waals surface area contributed by atoms with E-state index >= 15 is 0 Å². The zero-order valence-electron chi connectivity index (χ0n) is 16.6. The number of hydrogen-bond acceptors (Lipinski definition) is 6. The van der Waals surface area contributed by atoms with E-state index in [1.807, 2.05) is 0 Å². The number of carbonyl (C=O) groups excluding carboxylic acids is 4. The lowest BCUT2D eigenvalue weighted by Gasteiger charge is -2.15. The predicted octanol–water partition coefficient (Wildman–Crippen LogP) is 2.79. The highest BCUT2D eigenvalue weighted by Gasteiger charge is 2.22. The zero-order valence-corrected chi connectivity index (χ0v) is 16.6. The lowest BCUT2D eigenvalue weighted by molar-refractivity contribution is -0.119. The summed E-state index contributed by atoms with van der Waals surface area (Å²) in [5.74, 6) is -1.74. The minimum atomic E-state index is -0.664. The van der Waals surface area contributed by atoms with Gasteiger partial charge in [0.25, 0.3) is 5.91 Å². The summed E-state index contributed by atoms with van der Waals surface area (Å²) in [6, 6.07) is 12.9. The third-order valence-electron chi connectivity index (χ3n) is 4.52. The molecule has 1 aliphatic rings. The predicted molar refractivity (Wildman–Crippen MR) is 109 cm³/mol. The fourth-order valence-corrected chi connectivity index (χ4v) is 3.08. The molecule has 1 fully saturated rings. The average molecular weight is 410 g/mol. The molecule has 0 radical (unpaired) electrons. The molecule has 0 aromatic heterocycles. The minimum absolute atomic E-state index is 0.0603. The number of rotatable bonds is 7. The van der Waals surface area contributed by atoms with Gasteiger partial charge in [0, 0.05) is 18.7 Å². The van der Waals surface area contributed by atoms with Crippen molar-refractivity contribution in [3.05, 3.63) is 59.7 Å². The molecule has 8 heteroatoms. The van der Waals surface area contributed by atoms with Gasteiger partial charge in [-0.05, 0) is 49.7 Å². The summed E-state index contributed by atoms with van der Waals surface area (Å²) >= 11 is 0. The number of para-hydroxylation sites is 1. The van der Waals surface area contributed by atoms with Crippen LogP contribution in [0.3, 0.4) is 0 Å². The second-order valence-electron chi connectivity index (χ2n) is 6.59. The Bertz CT molecular complexity index is 954. The van der Waals surface area contributed by atoms with E-state index in [0.717, 1.165) is 12.1 Å². The number of esters is 2. The fourth-order valence-electron chi connectivity index (χ4n) is 3.08. The Morgan fingerprint density at radius 2 is 1.73 bits per heavy atom. The topological polar surface area (TPSA) is 102 Å². The number of benzene rings is 2. The van der Waals surface area contributed by atoms with Gasteiger partial charge in [0.15, 0.2) is 6.61 Å². The average Bonchev–Trinajstić information content (AvgIpc) is 3.18. The Balaban J connectivity index is 1.56. The fraction of sp³-hybridized carbons (Fsp3) is 0.273. The molecular formula is C22H22N2O6. The van der Waals surface area contributed by atoms with Crippen molar-refractivity contribution in [3.8, 4) is 0 Å². The van der Waals surface area contributed by atoms with Crippen LogP contribution >= 0.6 is 0 Å². The van der Waals surface area contributed by atoms with Gasteiger partial charge in [-0.1, -0.05) is 12.1 Å². The third kappa shape index (κ3) is 5.02. The number of hydrogen-bond donors (Lipinski definition) is 1. The number of nitrogens with zero attached hydrogens (tertiary/aromatic N) is 1. The van der Waals surface area contributed by atoms with Gasteiger partial charge in [-0.2, -0.15) is 0 Å². The van der Waals surface area contributed by atoms with Crippen LogP contribution in [0.25, 0.3) is 0 Å². The van der Waals surface area contributed by atoms with E-state index in [2.05, 4.69) is 5.32 Å². The minimum Gasteiger partial charge on any atom is -0.462 e. The molecule has 2 aromatic carbocycles. The second kappa shape index (κ2) is 9.69. The molecule has 0 bridgehead atoms. The van der Waals surface area contributed by atoms with E-state index < -0.39 is 24.5 Å². The second-order valence-corrected chi connectivity index (χ2v) is 6.59. The highest BCUT2D eigenvalue weighted by atomic mass is 16.5. The van der Waals surface area contributed by atoms with Crippen molar-refractivity contribution < 1.29 is 28.7 Å². The van der Waals surface area contributed by atoms with E-state index in [1.54, 1.807) is 54.3 Å². The first-order valence-corrected chi connectivity index (χ1v) is 9.63. The van der Waals surface area contributed by atoms with Crippen molar-refractivity contribution >= 4 is 35.1 Å². The highest BCUT2D eigenvalue weighted by molar-refractivity contribution is 6.02. The molecule has 1 heterocycles. The monoisotopic (exact) mass is 410 g/mol. The molecular weight excluding hydrogens is 388 g/mol. The molecule has 2 aromatic rings. The standard InChI is InChI=1S/C22H22N2O6/c1-2-29-22(28)17-6-3-4-7-18(17)23-19(25)14-30-21(27)15-9-11-16(12-10-15)24-13-5-8-20(24)26/h3-4,6-7,9-12H,2,5,8,13-14H2,1H3,(H,23,25). The molecule has 156 valence electrons. The summed E-state index contributed by atoms with van der Waals surface area (Å²) in [7, 11) is 0. The molecule has 0 aliphatic carbocycles. The lowest BCUT2D eigenvalue weighted by Crippen LogP contribution is -2.24. The molecule has 1 aliphatic heterocycles. The molecule has 2 amide bonds. The van der Waals surface area contributed by atoms with Gasteiger partial charge < -0.3 is 19.7 Å². The number of anilines is 2. The Morgan fingerprint density at radius 1 is 1.00 bits per heavy atom. The molecule has 0 saturated carbocycles. The van der Waals surface area contributed by atoms with E-state index in [-0.39, 0.29) is 29.3 Å². The Labute approximate surface area is 173 Å². The van der Waals surface area contributed by atoms with Gasteiger partial charge >= 0.3 is 11.9 Å². The number of nitrogens with one attached hydrogen (secondary N) is 1. The molecule has 1 N–H and O–H groups in total. The van der Waals surface area contributed by atoms with E-state index in [9.17, 15) is 19.2 Å². The molecule has 0 unspecified atom stereocenters. The highest BCUT2D eigenvalue weighted by Crippen LogP contribution is 2.22.